The van der Waals surface area contributed by atoms with Gasteiger partial charge in [0, 0.05) is 25.2 Å². The monoisotopic (exact) mass is 274 g/mol. The maximum Gasteiger partial charge on any atom is 0.0827 e. The summed E-state index contributed by atoms with van der Waals surface area (Å²) in [5, 5.41) is 3.62. The van der Waals surface area contributed by atoms with Crippen LogP contribution in [0.25, 0.3) is 0 Å². The van der Waals surface area contributed by atoms with E-state index < -0.39 is 0 Å². The van der Waals surface area contributed by atoms with E-state index in [2.05, 4.69) is 48.3 Å². The van der Waals surface area contributed by atoms with Gasteiger partial charge >= 0.3 is 0 Å². The molecule has 0 saturated carbocycles. The minimum Gasteiger partial charge on any atom is -0.374 e. The highest BCUT2D eigenvalue weighted by Crippen LogP contribution is 2.22. The third-order valence-corrected chi connectivity index (χ3v) is 4.69. The lowest BCUT2D eigenvalue weighted by atomic mass is 10.1. The van der Waals surface area contributed by atoms with E-state index in [1.807, 2.05) is 0 Å². The minimum absolute atomic E-state index is 0.345. The van der Waals surface area contributed by atoms with Crippen molar-refractivity contribution in [3.05, 3.63) is 35.4 Å². The van der Waals surface area contributed by atoms with Crippen molar-refractivity contribution in [1.29, 1.82) is 0 Å². The van der Waals surface area contributed by atoms with Crippen LogP contribution in [0.5, 0.6) is 0 Å². The first-order chi connectivity index (χ1) is 9.72. The van der Waals surface area contributed by atoms with Crippen LogP contribution in [-0.2, 0) is 4.74 Å². The molecule has 0 aliphatic carbocycles. The smallest absolute Gasteiger partial charge is 0.0827 e. The summed E-state index contributed by atoms with van der Waals surface area (Å²) < 4.78 is 5.99. The Morgan fingerprint density at radius 3 is 2.95 bits per heavy atom. The lowest BCUT2D eigenvalue weighted by Gasteiger charge is -2.35. The third kappa shape index (κ3) is 3.22. The molecule has 3 rings (SSSR count). The molecule has 2 aliphatic heterocycles. The van der Waals surface area contributed by atoms with E-state index in [1.165, 1.54) is 30.5 Å². The fraction of sp³-hybridized carbons (Fsp3) is 0.647. The van der Waals surface area contributed by atoms with Crippen LogP contribution in [0, 0.1) is 6.92 Å². The van der Waals surface area contributed by atoms with E-state index in [9.17, 15) is 0 Å². The molecule has 3 unspecified atom stereocenters. The predicted molar refractivity (Wildman–Crippen MR) is 81.9 cm³/mol. The Morgan fingerprint density at radius 2 is 2.15 bits per heavy atom. The summed E-state index contributed by atoms with van der Waals surface area (Å²) in [6.45, 7) is 8.58. The zero-order valence-electron chi connectivity index (χ0n) is 12.6. The van der Waals surface area contributed by atoms with Crippen LogP contribution in [0.3, 0.4) is 0 Å². The Kier molecular flexibility index (Phi) is 4.39. The van der Waals surface area contributed by atoms with E-state index in [4.69, 9.17) is 4.74 Å². The highest BCUT2D eigenvalue weighted by Gasteiger charge is 2.32. The lowest BCUT2D eigenvalue weighted by molar-refractivity contribution is -0.0477. The topological polar surface area (TPSA) is 24.5 Å². The second-order valence-electron chi connectivity index (χ2n) is 6.29. The largest absolute Gasteiger partial charge is 0.374 e. The molecule has 0 amide bonds. The van der Waals surface area contributed by atoms with Crippen molar-refractivity contribution in [2.45, 2.75) is 44.9 Å². The van der Waals surface area contributed by atoms with Crippen LogP contribution in [0.4, 0.5) is 0 Å². The zero-order valence-corrected chi connectivity index (χ0v) is 12.6. The van der Waals surface area contributed by atoms with Crippen molar-refractivity contribution in [2.75, 3.05) is 26.2 Å². The predicted octanol–water partition coefficient (Wildman–Crippen LogP) is 2.51. The molecule has 2 fully saturated rings. The summed E-state index contributed by atoms with van der Waals surface area (Å²) >= 11 is 0. The van der Waals surface area contributed by atoms with Crippen molar-refractivity contribution in [3.63, 3.8) is 0 Å². The highest BCUT2D eigenvalue weighted by molar-refractivity contribution is 5.23. The Morgan fingerprint density at radius 1 is 1.35 bits per heavy atom. The number of nitrogens with one attached hydrogen (secondary N) is 1. The fourth-order valence-corrected chi connectivity index (χ4v) is 3.29. The molecule has 3 heteroatoms. The second kappa shape index (κ2) is 6.25. The summed E-state index contributed by atoms with van der Waals surface area (Å²) in [6.07, 6.45) is 3.01. The number of hydrogen-bond donors (Lipinski definition) is 1. The van der Waals surface area contributed by atoms with Crippen molar-refractivity contribution in [3.8, 4) is 0 Å². The average Bonchev–Trinajstić information content (AvgIpc) is 2.93. The van der Waals surface area contributed by atoms with Crippen molar-refractivity contribution in [2.24, 2.45) is 0 Å². The Labute approximate surface area is 122 Å². The molecule has 1 N–H and O–H groups in total. The molecule has 3 nitrogen and oxygen atoms in total. The standard InChI is InChI=1S/C17H26N2O/c1-13-5-7-15(8-6-13)14(2)18-10-17-11-19-9-3-4-16(19)12-20-17/h5-8,14,16-18H,3-4,9-12H2,1-2H3. The van der Waals surface area contributed by atoms with Gasteiger partial charge < -0.3 is 10.1 Å². The minimum atomic E-state index is 0.345. The zero-order chi connectivity index (χ0) is 13.9. The normalized spacial score (nSPS) is 28.3. The number of rotatable bonds is 4. The molecule has 3 atom stereocenters. The molecule has 0 spiro atoms. The molecule has 1 aromatic rings. The van der Waals surface area contributed by atoms with Gasteiger partial charge in [-0.05, 0) is 38.8 Å². The lowest BCUT2D eigenvalue weighted by Crippen LogP contribution is -2.49. The highest BCUT2D eigenvalue weighted by atomic mass is 16.5. The summed E-state index contributed by atoms with van der Waals surface area (Å²) in [5.41, 5.74) is 2.67. The first-order valence-electron chi connectivity index (χ1n) is 7.88. The molecule has 1 aromatic carbocycles. The number of benzene rings is 1. The summed E-state index contributed by atoms with van der Waals surface area (Å²) in [5.74, 6) is 0. The number of morpholine rings is 1. The van der Waals surface area contributed by atoms with Crippen LogP contribution >= 0.6 is 0 Å². The van der Waals surface area contributed by atoms with Crippen LogP contribution in [0.1, 0.15) is 36.9 Å². The number of hydrogen-bond acceptors (Lipinski definition) is 3. The number of ether oxygens (including phenoxy) is 1. The molecular formula is C17H26N2O. The summed E-state index contributed by atoms with van der Waals surface area (Å²) in [6, 6.07) is 9.87. The van der Waals surface area contributed by atoms with Crippen LogP contribution in [-0.4, -0.2) is 43.3 Å². The van der Waals surface area contributed by atoms with Crippen molar-refractivity contribution >= 4 is 0 Å². The molecule has 0 bridgehead atoms. The van der Waals surface area contributed by atoms with Crippen LogP contribution in [0.2, 0.25) is 0 Å². The van der Waals surface area contributed by atoms with Gasteiger partial charge in [0.2, 0.25) is 0 Å². The van der Waals surface area contributed by atoms with Gasteiger partial charge in [-0.2, -0.15) is 0 Å². The average molecular weight is 274 g/mol. The van der Waals surface area contributed by atoms with Gasteiger partial charge in [-0.15, -0.1) is 0 Å². The van der Waals surface area contributed by atoms with Gasteiger partial charge in [0.25, 0.3) is 0 Å². The first-order valence-corrected chi connectivity index (χ1v) is 7.88. The quantitative estimate of drug-likeness (QED) is 0.913. The Balaban J connectivity index is 1.48. The van der Waals surface area contributed by atoms with E-state index in [0.717, 1.165) is 19.7 Å². The second-order valence-corrected chi connectivity index (χ2v) is 6.29. The SMILES string of the molecule is Cc1ccc(C(C)NCC2CN3CCCC3CO2)cc1. The number of aryl methyl sites for hydroxylation is 1. The van der Waals surface area contributed by atoms with Gasteiger partial charge in [0.05, 0.1) is 12.7 Å². The maximum absolute atomic E-state index is 5.99. The summed E-state index contributed by atoms with van der Waals surface area (Å²) in [4.78, 5) is 2.60. The van der Waals surface area contributed by atoms with Gasteiger partial charge in [0.15, 0.2) is 0 Å². The van der Waals surface area contributed by atoms with E-state index in [1.54, 1.807) is 0 Å². The molecule has 0 radical (unpaired) electrons. The van der Waals surface area contributed by atoms with Crippen LogP contribution in [0.15, 0.2) is 24.3 Å². The van der Waals surface area contributed by atoms with Gasteiger partial charge in [0.1, 0.15) is 0 Å². The Bertz CT molecular complexity index is 431. The first kappa shape index (κ1) is 14.1. The van der Waals surface area contributed by atoms with Crippen molar-refractivity contribution < 1.29 is 4.74 Å². The molecular weight excluding hydrogens is 248 g/mol. The van der Waals surface area contributed by atoms with Crippen molar-refractivity contribution in [1.82, 2.24) is 10.2 Å². The van der Waals surface area contributed by atoms with Crippen LogP contribution < -0.4 is 5.32 Å². The van der Waals surface area contributed by atoms with E-state index >= 15 is 0 Å². The van der Waals surface area contributed by atoms with Gasteiger partial charge in [-0.1, -0.05) is 29.8 Å². The van der Waals surface area contributed by atoms with E-state index in [0.29, 0.717) is 18.2 Å². The fourth-order valence-electron chi connectivity index (χ4n) is 3.29. The van der Waals surface area contributed by atoms with E-state index in [-0.39, 0.29) is 0 Å². The molecule has 110 valence electrons. The number of fused-ring (bicyclic) bond motifs is 1. The van der Waals surface area contributed by atoms with Gasteiger partial charge in [-0.3, -0.25) is 4.90 Å². The molecule has 2 aliphatic rings. The molecule has 20 heavy (non-hydrogen) atoms. The third-order valence-electron chi connectivity index (χ3n) is 4.69. The molecule has 2 heterocycles. The molecule has 0 aromatic heterocycles. The summed E-state index contributed by atoms with van der Waals surface area (Å²) in [7, 11) is 0. The maximum atomic E-state index is 5.99. The molecule has 2 saturated heterocycles. The number of nitrogens with zero attached hydrogens (tertiary/aromatic N) is 1. The van der Waals surface area contributed by atoms with Gasteiger partial charge in [-0.25, -0.2) is 0 Å². The Hall–Kier alpha value is -0.900.